The van der Waals surface area contributed by atoms with Crippen molar-refractivity contribution in [3.05, 3.63) is 69.3 Å². The van der Waals surface area contributed by atoms with Crippen LogP contribution in [0.1, 0.15) is 53.6 Å². The Hall–Kier alpha value is -3.49. The maximum absolute atomic E-state index is 10.1. The van der Waals surface area contributed by atoms with Crippen LogP contribution in [-0.4, -0.2) is 37.9 Å². The molecule has 9 heteroatoms. The second-order valence-corrected chi connectivity index (χ2v) is 10.3. The lowest BCUT2D eigenvalue weighted by molar-refractivity contribution is 0.0994. The van der Waals surface area contributed by atoms with Crippen molar-refractivity contribution in [1.82, 2.24) is 20.1 Å². The number of anilines is 1. The average Bonchev–Trinajstić information content (AvgIpc) is 3.48. The zero-order valence-corrected chi connectivity index (χ0v) is 23.1. The Kier molecular flexibility index (Phi) is 7.36. The van der Waals surface area contributed by atoms with Gasteiger partial charge in [0.1, 0.15) is 23.9 Å². The standard InChI is InChI=1S/C29H32ClN5O3/c1-6-7-20(36)15-37-21-8-9-24(30)22(12-21)28-32-27(26-18(4)34-38-19(26)5)17(3)29(33-28)35-13-23-16(2)10-11-31-25(23)14-35/h8-12,20,36H,6-7,13-15H2,1-5H3/t20-/m1/s1. The summed E-state index contributed by atoms with van der Waals surface area (Å²) in [5.74, 6) is 2.57. The molecule has 0 amide bonds. The second kappa shape index (κ2) is 10.7. The fraction of sp³-hybridized carbons (Fsp3) is 0.379. The number of aliphatic hydroxyl groups is 1. The molecular weight excluding hydrogens is 502 g/mol. The van der Waals surface area contributed by atoms with Gasteiger partial charge in [0.25, 0.3) is 0 Å². The van der Waals surface area contributed by atoms with Crippen LogP contribution < -0.4 is 9.64 Å². The third-order valence-electron chi connectivity index (χ3n) is 7.00. The molecule has 0 unspecified atom stereocenters. The van der Waals surface area contributed by atoms with E-state index in [0.29, 0.717) is 47.4 Å². The van der Waals surface area contributed by atoms with Crippen LogP contribution >= 0.6 is 11.6 Å². The normalized spacial score (nSPS) is 13.6. The molecule has 0 aliphatic carbocycles. The first-order chi connectivity index (χ1) is 18.3. The molecule has 1 aliphatic rings. The number of benzene rings is 1. The summed E-state index contributed by atoms with van der Waals surface area (Å²) in [5.41, 5.74) is 7.44. The van der Waals surface area contributed by atoms with Crippen molar-refractivity contribution in [2.75, 3.05) is 11.5 Å². The van der Waals surface area contributed by atoms with E-state index in [9.17, 15) is 5.11 Å². The summed E-state index contributed by atoms with van der Waals surface area (Å²) in [5, 5.41) is 14.8. The molecule has 0 spiro atoms. The van der Waals surface area contributed by atoms with E-state index in [-0.39, 0.29) is 6.61 Å². The lowest BCUT2D eigenvalue weighted by atomic mass is 10.0. The summed E-state index contributed by atoms with van der Waals surface area (Å²) < 4.78 is 11.4. The monoisotopic (exact) mass is 533 g/mol. The first-order valence-electron chi connectivity index (χ1n) is 12.9. The lowest BCUT2D eigenvalue weighted by Crippen LogP contribution is -2.19. The maximum Gasteiger partial charge on any atom is 0.163 e. The highest BCUT2D eigenvalue weighted by molar-refractivity contribution is 6.33. The third-order valence-corrected chi connectivity index (χ3v) is 7.33. The van der Waals surface area contributed by atoms with E-state index < -0.39 is 6.10 Å². The Bertz CT molecular complexity index is 1470. The van der Waals surface area contributed by atoms with Gasteiger partial charge in [-0.2, -0.15) is 0 Å². The molecule has 4 aromatic rings. The molecule has 1 aromatic carbocycles. The van der Waals surface area contributed by atoms with Crippen molar-refractivity contribution in [1.29, 1.82) is 0 Å². The van der Waals surface area contributed by atoms with E-state index in [1.54, 1.807) is 12.1 Å². The molecule has 0 radical (unpaired) electrons. The number of rotatable bonds is 8. The van der Waals surface area contributed by atoms with Crippen molar-refractivity contribution in [2.45, 2.75) is 66.7 Å². The minimum atomic E-state index is -0.527. The Morgan fingerprint density at radius 1 is 1.13 bits per heavy atom. The van der Waals surface area contributed by atoms with E-state index in [1.807, 2.05) is 46.0 Å². The second-order valence-electron chi connectivity index (χ2n) is 9.85. The minimum absolute atomic E-state index is 0.206. The van der Waals surface area contributed by atoms with Gasteiger partial charge in [-0.3, -0.25) is 4.98 Å². The number of pyridine rings is 1. The summed E-state index contributed by atoms with van der Waals surface area (Å²) in [7, 11) is 0. The molecule has 0 saturated carbocycles. The summed E-state index contributed by atoms with van der Waals surface area (Å²) >= 11 is 6.69. The predicted molar refractivity (Wildman–Crippen MR) is 147 cm³/mol. The number of aliphatic hydroxyl groups excluding tert-OH is 1. The van der Waals surface area contributed by atoms with Crippen molar-refractivity contribution >= 4 is 17.4 Å². The predicted octanol–water partition coefficient (Wildman–Crippen LogP) is 6.14. The summed E-state index contributed by atoms with van der Waals surface area (Å²) in [4.78, 5) is 16.9. The summed E-state index contributed by atoms with van der Waals surface area (Å²) in [6, 6.07) is 7.44. The van der Waals surface area contributed by atoms with Crippen molar-refractivity contribution < 1.29 is 14.4 Å². The van der Waals surface area contributed by atoms with Crippen LogP contribution in [0.5, 0.6) is 5.75 Å². The van der Waals surface area contributed by atoms with Gasteiger partial charge in [0.15, 0.2) is 5.82 Å². The van der Waals surface area contributed by atoms with Crippen LogP contribution in [0.25, 0.3) is 22.6 Å². The molecule has 1 aliphatic heterocycles. The highest BCUT2D eigenvalue weighted by Gasteiger charge is 2.28. The molecule has 1 N–H and O–H groups in total. The van der Waals surface area contributed by atoms with Gasteiger partial charge in [-0.25, -0.2) is 9.97 Å². The van der Waals surface area contributed by atoms with Gasteiger partial charge in [0.2, 0.25) is 0 Å². The highest BCUT2D eigenvalue weighted by atomic mass is 35.5. The first kappa shape index (κ1) is 26.1. The number of halogens is 1. The topological polar surface area (TPSA) is 97.4 Å². The zero-order valence-electron chi connectivity index (χ0n) is 22.4. The Morgan fingerprint density at radius 3 is 2.66 bits per heavy atom. The lowest BCUT2D eigenvalue weighted by Gasteiger charge is -2.22. The quantitative estimate of drug-likeness (QED) is 0.288. The molecule has 4 heterocycles. The molecule has 0 fully saturated rings. The molecule has 8 nitrogen and oxygen atoms in total. The maximum atomic E-state index is 10.1. The van der Waals surface area contributed by atoms with Crippen LogP contribution in [0.3, 0.4) is 0 Å². The van der Waals surface area contributed by atoms with Gasteiger partial charge >= 0.3 is 0 Å². The number of ether oxygens (including phenoxy) is 1. The molecule has 0 bridgehead atoms. The highest BCUT2D eigenvalue weighted by Crippen LogP contribution is 2.39. The van der Waals surface area contributed by atoms with Crippen LogP contribution in [0.15, 0.2) is 35.0 Å². The molecular formula is C29H32ClN5O3. The van der Waals surface area contributed by atoms with Crippen LogP contribution in [0.4, 0.5) is 5.82 Å². The number of hydrogen-bond donors (Lipinski definition) is 1. The fourth-order valence-corrected chi connectivity index (χ4v) is 5.15. The van der Waals surface area contributed by atoms with Crippen LogP contribution in [0, 0.1) is 27.7 Å². The summed E-state index contributed by atoms with van der Waals surface area (Å²) in [6.45, 7) is 11.5. The van der Waals surface area contributed by atoms with E-state index >= 15 is 0 Å². The fourth-order valence-electron chi connectivity index (χ4n) is 4.95. The van der Waals surface area contributed by atoms with Gasteiger partial charge in [0.05, 0.1) is 40.3 Å². The summed E-state index contributed by atoms with van der Waals surface area (Å²) in [6.07, 6.45) is 2.89. The largest absolute Gasteiger partial charge is 0.491 e. The number of hydrogen-bond acceptors (Lipinski definition) is 8. The zero-order chi connectivity index (χ0) is 27.0. The van der Waals surface area contributed by atoms with Gasteiger partial charge in [-0.1, -0.05) is 30.1 Å². The SMILES string of the molecule is CCC[C@@H](O)COc1ccc(Cl)c(-c2nc(-c3c(C)noc3C)c(C)c(N3Cc4nccc(C)c4C3)n2)c1. The molecule has 3 aromatic heterocycles. The number of nitrogens with zero attached hydrogens (tertiary/aromatic N) is 5. The van der Waals surface area contributed by atoms with Crippen molar-refractivity contribution in [2.24, 2.45) is 0 Å². The Balaban J connectivity index is 1.61. The van der Waals surface area contributed by atoms with E-state index in [2.05, 4.69) is 22.0 Å². The van der Waals surface area contributed by atoms with E-state index in [4.69, 9.17) is 30.8 Å². The van der Waals surface area contributed by atoms with Gasteiger partial charge < -0.3 is 19.3 Å². The van der Waals surface area contributed by atoms with Crippen molar-refractivity contribution in [3.63, 3.8) is 0 Å². The molecule has 198 valence electrons. The van der Waals surface area contributed by atoms with E-state index in [0.717, 1.165) is 40.4 Å². The average molecular weight is 534 g/mol. The van der Waals surface area contributed by atoms with Gasteiger partial charge in [0, 0.05) is 23.9 Å². The van der Waals surface area contributed by atoms with Crippen molar-refractivity contribution in [3.8, 4) is 28.4 Å². The third kappa shape index (κ3) is 4.98. The number of aromatic nitrogens is 4. The van der Waals surface area contributed by atoms with Crippen LogP contribution in [-0.2, 0) is 13.1 Å². The smallest absolute Gasteiger partial charge is 0.163 e. The molecule has 5 rings (SSSR count). The van der Waals surface area contributed by atoms with Crippen LogP contribution in [0.2, 0.25) is 5.02 Å². The van der Waals surface area contributed by atoms with Gasteiger partial charge in [-0.05, 0) is 69.5 Å². The minimum Gasteiger partial charge on any atom is -0.491 e. The number of aryl methyl sites for hydroxylation is 3. The van der Waals surface area contributed by atoms with E-state index in [1.165, 1.54) is 11.1 Å². The Morgan fingerprint density at radius 2 is 1.95 bits per heavy atom. The Labute approximate surface area is 227 Å². The number of fused-ring (bicyclic) bond motifs is 1. The molecule has 1 atom stereocenters. The first-order valence-corrected chi connectivity index (χ1v) is 13.3. The molecule has 38 heavy (non-hydrogen) atoms. The van der Waals surface area contributed by atoms with Gasteiger partial charge in [-0.15, -0.1) is 0 Å². The molecule has 0 saturated heterocycles.